The summed E-state index contributed by atoms with van der Waals surface area (Å²) in [6.45, 7) is 0. The molecule has 0 saturated carbocycles. The Bertz CT molecular complexity index is 4240. The minimum absolute atomic E-state index is 0.696. The van der Waals surface area contributed by atoms with Gasteiger partial charge in [0.25, 0.3) is 0 Å². The number of hydrogen-bond donors (Lipinski definition) is 0. The Morgan fingerprint density at radius 3 is 1.34 bits per heavy atom. The molecule has 0 spiro atoms. The van der Waals surface area contributed by atoms with Gasteiger partial charge in [-0.15, -0.1) is 0 Å². The molecule has 0 radical (unpaired) electrons. The van der Waals surface area contributed by atoms with Crippen LogP contribution in [0.15, 0.2) is 237 Å². The average molecular weight is 862 g/mol. The van der Waals surface area contributed by atoms with E-state index in [0.717, 1.165) is 72.1 Å². The second-order valence-electron chi connectivity index (χ2n) is 17.8. The summed E-state index contributed by atoms with van der Waals surface area (Å²) in [5.74, 6) is 0.696. The zero-order chi connectivity index (χ0) is 44.7. The highest BCUT2D eigenvalue weighted by Gasteiger charge is 2.20. The number of rotatable bonds is 5. The molecular formula is C65H39N3. The van der Waals surface area contributed by atoms with Gasteiger partial charge in [0.15, 0.2) is 5.82 Å². The SMILES string of the molecule is c1cc(-c2ccc(-c3nc4ccccc4c4c5ccccc5c5ccccc5c34)cc2)cc(-c2cc(-c3cc4ccccc4c4ccccc34)nc(-c3cc4ccccc4c4ccccc34)n2)c1. The Morgan fingerprint density at radius 2 is 0.691 bits per heavy atom. The van der Waals surface area contributed by atoms with Crippen LogP contribution in [0.25, 0.3) is 143 Å². The quantitative estimate of drug-likeness (QED) is 0.162. The van der Waals surface area contributed by atoms with Gasteiger partial charge >= 0.3 is 0 Å². The van der Waals surface area contributed by atoms with Gasteiger partial charge in [-0.25, -0.2) is 15.0 Å². The highest BCUT2D eigenvalue weighted by Crippen LogP contribution is 2.44. The first-order valence-corrected chi connectivity index (χ1v) is 23.3. The zero-order valence-electron chi connectivity index (χ0n) is 36.9. The third-order valence-corrected chi connectivity index (χ3v) is 14.0. The lowest BCUT2D eigenvalue weighted by molar-refractivity contribution is 1.19. The fraction of sp³-hybridized carbons (Fsp3) is 0. The molecule has 0 atom stereocenters. The van der Waals surface area contributed by atoms with E-state index in [-0.39, 0.29) is 0 Å². The van der Waals surface area contributed by atoms with Crippen LogP contribution in [-0.2, 0) is 0 Å². The van der Waals surface area contributed by atoms with Gasteiger partial charge in [0.1, 0.15) is 0 Å². The molecule has 68 heavy (non-hydrogen) atoms. The molecule has 3 nitrogen and oxygen atoms in total. The average Bonchev–Trinajstić information content (AvgIpc) is 3.42. The smallest absolute Gasteiger partial charge is 0.161 e. The fourth-order valence-corrected chi connectivity index (χ4v) is 10.9. The summed E-state index contributed by atoms with van der Waals surface area (Å²) in [5, 5.41) is 18.0. The lowest BCUT2D eigenvalue weighted by Gasteiger charge is -2.16. The lowest BCUT2D eigenvalue weighted by atomic mass is 9.89. The number of pyridine rings is 1. The van der Waals surface area contributed by atoms with E-state index in [9.17, 15) is 0 Å². The van der Waals surface area contributed by atoms with Gasteiger partial charge in [-0.2, -0.15) is 0 Å². The number of nitrogens with zero attached hydrogens (tertiary/aromatic N) is 3. The van der Waals surface area contributed by atoms with Crippen molar-refractivity contribution in [3.8, 4) is 56.3 Å². The molecule has 3 heteroatoms. The third kappa shape index (κ3) is 6.03. The van der Waals surface area contributed by atoms with Crippen molar-refractivity contribution in [2.45, 2.75) is 0 Å². The molecule has 0 unspecified atom stereocenters. The van der Waals surface area contributed by atoms with Gasteiger partial charge < -0.3 is 0 Å². The predicted molar refractivity (Wildman–Crippen MR) is 287 cm³/mol. The molecule has 0 saturated heterocycles. The van der Waals surface area contributed by atoms with Crippen molar-refractivity contribution in [3.05, 3.63) is 237 Å². The number of para-hydroxylation sites is 1. The van der Waals surface area contributed by atoms with Crippen LogP contribution in [0.4, 0.5) is 0 Å². The molecule has 14 aromatic rings. The molecule has 0 bridgehead atoms. The molecule has 0 fully saturated rings. The minimum Gasteiger partial charge on any atom is -0.247 e. The van der Waals surface area contributed by atoms with Crippen LogP contribution >= 0.6 is 0 Å². The molecule has 0 amide bonds. The van der Waals surface area contributed by atoms with E-state index in [1.54, 1.807) is 0 Å². The van der Waals surface area contributed by atoms with Gasteiger partial charge in [-0.1, -0.05) is 206 Å². The van der Waals surface area contributed by atoms with E-state index >= 15 is 0 Å². The Morgan fingerprint density at radius 1 is 0.235 bits per heavy atom. The molecule has 12 aromatic carbocycles. The van der Waals surface area contributed by atoms with E-state index in [1.165, 1.54) is 64.6 Å². The van der Waals surface area contributed by atoms with Crippen LogP contribution in [0.5, 0.6) is 0 Å². The van der Waals surface area contributed by atoms with Crippen molar-refractivity contribution >= 4 is 86.3 Å². The summed E-state index contributed by atoms with van der Waals surface area (Å²) in [4.78, 5) is 16.4. The molecule has 14 rings (SSSR count). The first kappa shape index (κ1) is 38.2. The Kier molecular flexibility index (Phi) is 8.59. The van der Waals surface area contributed by atoms with Crippen molar-refractivity contribution in [2.24, 2.45) is 0 Å². The largest absolute Gasteiger partial charge is 0.247 e. The second kappa shape index (κ2) is 15.3. The molecule has 2 aromatic heterocycles. The monoisotopic (exact) mass is 861 g/mol. The zero-order valence-corrected chi connectivity index (χ0v) is 36.9. The summed E-state index contributed by atoms with van der Waals surface area (Å²) in [6.07, 6.45) is 0. The number of aromatic nitrogens is 3. The summed E-state index contributed by atoms with van der Waals surface area (Å²) < 4.78 is 0. The molecule has 0 aliphatic heterocycles. The normalized spacial score (nSPS) is 11.8. The van der Waals surface area contributed by atoms with Crippen LogP contribution in [-0.4, -0.2) is 15.0 Å². The van der Waals surface area contributed by atoms with Gasteiger partial charge in [-0.3, -0.25) is 0 Å². The van der Waals surface area contributed by atoms with E-state index in [2.05, 4.69) is 237 Å². The maximum absolute atomic E-state index is 5.49. The van der Waals surface area contributed by atoms with Crippen molar-refractivity contribution in [3.63, 3.8) is 0 Å². The lowest BCUT2D eigenvalue weighted by Crippen LogP contribution is -1.98. The molecule has 0 aliphatic carbocycles. The maximum Gasteiger partial charge on any atom is 0.161 e. The molecule has 0 aliphatic rings. The van der Waals surface area contributed by atoms with Crippen molar-refractivity contribution < 1.29 is 0 Å². The van der Waals surface area contributed by atoms with E-state index in [0.29, 0.717) is 5.82 Å². The Hall–Kier alpha value is -9.05. The summed E-state index contributed by atoms with van der Waals surface area (Å²) in [7, 11) is 0. The first-order valence-electron chi connectivity index (χ1n) is 23.3. The number of hydrogen-bond acceptors (Lipinski definition) is 3. The first-order chi connectivity index (χ1) is 33.7. The number of benzene rings is 12. The van der Waals surface area contributed by atoms with Gasteiger partial charge in [0.05, 0.1) is 22.6 Å². The van der Waals surface area contributed by atoms with E-state index < -0.39 is 0 Å². The minimum atomic E-state index is 0.696. The predicted octanol–water partition coefficient (Wildman–Crippen LogP) is 17.4. The topological polar surface area (TPSA) is 38.7 Å². The summed E-state index contributed by atoms with van der Waals surface area (Å²) in [6, 6.07) is 85.1. The van der Waals surface area contributed by atoms with Crippen LogP contribution in [0.1, 0.15) is 0 Å². The van der Waals surface area contributed by atoms with Crippen LogP contribution in [0.2, 0.25) is 0 Å². The molecule has 314 valence electrons. The highest BCUT2D eigenvalue weighted by atomic mass is 14.9. The van der Waals surface area contributed by atoms with Crippen molar-refractivity contribution in [1.82, 2.24) is 15.0 Å². The third-order valence-electron chi connectivity index (χ3n) is 14.0. The van der Waals surface area contributed by atoms with E-state index in [1.807, 2.05) is 0 Å². The standard InChI is InChI=1S/C65H39N3/c1-3-20-46-43(16-1)37-57(52-26-7-5-22-48(46)52)61-39-60(67-65(68-61)58-38-44-17-2-4-21-47(44)49-23-6-8-27-53(49)58)45-19-15-18-42(36-45)40-32-34-41(35-33-40)64-63-55-29-12-10-25-51(55)50-24-9-11-28-54(50)62(63)56-30-13-14-31-59(56)66-64/h1-39H. The highest BCUT2D eigenvalue weighted by molar-refractivity contribution is 6.33. The van der Waals surface area contributed by atoms with Gasteiger partial charge in [0, 0.05) is 38.4 Å². The van der Waals surface area contributed by atoms with Crippen molar-refractivity contribution in [2.75, 3.05) is 0 Å². The summed E-state index contributed by atoms with van der Waals surface area (Å²) >= 11 is 0. The maximum atomic E-state index is 5.49. The number of fused-ring (bicyclic) bond motifs is 14. The molecular weight excluding hydrogens is 823 g/mol. The van der Waals surface area contributed by atoms with Crippen LogP contribution < -0.4 is 0 Å². The molecule has 0 N–H and O–H groups in total. The Balaban J connectivity index is 0.943. The second-order valence-corrected chi connectivity index (χ2v) is 17.8. The fourth-order valence-electron chi connectivity index (χ4n) is 10.9. The summed E-state index contributed by atoms with van der Waals surface area (Å²) in [5.41, 5.74) is 10.1. The van der Waals surface area contributed by atoms with Crippen molar-refractivity contribution in [1.29, 1.82) is 0 Å². The van der Waals surface area contributed by atoms with Crippen LogP contribution in [0.3, 0.4) is 0 Å². The Labute approximate surface area is 392 Å². The van der Waals surface area contributed by atoms with Crippen LogP contribution in [0, 0.1) is 0 Å². The van der Waals surface area contributed by atoms with E-state index in [4.69, 9.17) is 15.0 Å². The van der Waals surface area contributed by atoms with Gasteiger partial charge in [0.2, 0.25) is 0 Å². The van der Waals surface area contributed by atoms with Gasteiger partial charge in [-0.05, 0) is 106 Å². The molecule has 2 heterocycles.